The van der Waals surface area contributed by atoms with Crippen molar-refractivity contribution in [2.24, 2.45) is 7.05 Å². The highest BCUT2D eigenvalue weighted by Crippen LogP contribution is 2.34. The topological polar surface area (TPSA) is 47.4 Å². The molecule has 1 unspecified atom stereocenters. The van der Waals surface area contributed by atoms with Crippen LogP contribution in [0.15, 0.2) is 24.4 Å². The maximum atomic E-state index is 13.1. The van der Waals surface area contributed by atoms with Crippen LogP contribution in [0.2, 0.25) is 5.02 Å². The van der Waals surface area contributed by atoms with E-state index in [1.807, 2.05) is 0 Å². The summed E-state index contributed by atoms with van der Waals surface area (Å²) < 4.78 is 40.3. The van der Waals surface area contributed by atoms with Crippen LogP contribution in [0, 0.1) is 12.3 Å². The van der Waals surface area contributed by atoms with Crippen LogP contribution in [0.3, 0.4) is 0 Å². The fourth-order valence-corrected chi connectivity index (χ4v) is 2.81. The number of hydrogen-bond acceptors (Lipinski definition) is 3. The van der Waals surface area contributed by atoms with E-state index in [1.54, 1.807) is 19.1 Å². The first kappa shape index (κ1) is 19.8. The van der Waals surface area contributed by atoms with Gasteiger partial charge in [0.15, 0.2) is 5.69 Å². The molecule has 0 saturated carbocycles. The van der Waals surface area contributed by atoms with Gasteiger partial charge in [-0.15, -0.1) is 6.42 Å². The van der Waals surface area contributed by atoms with E-state index in [9.17, 15) is 18.0 Å². The van der Waals surface area contributed by atoms with E-state index in [-0.39, 0.29) is 5.02 Å². The molecule has 1 aromatic heterocycles. The maximum absolute atomic E-state index is 13.1. The minimum absolute atomic E-state index is 0.269. The number of carbonyl (C=O) groups excluding carboxylic acids is 1. The van der Waals surface area contributed by atoms with Gasteiger partial charge in [0.25, 0.3) is 5.91 Å². The first-order valence-electron chi connectivity index (χ1n) is 7.34. The number of rotatable bonds is 4. The van der Waals surface area contributed by atoms with E-state index in [0.29, 0.717) is 11.1 Å². The second kappa shape index (κ2) is 7.40. The molecule has 1 aromatic carbocycles. The summed E-state index contributed by atoms with van der Waals surface area (Å²) in [5.41, 5.74) is -0.899. The largest absolute Gasteiger partial charge is 0.435 e. The zero-order valence-corrected chi connectivity index (χ0v) is 14.9. The number of alkyl halides is 3. The Bertz CT molecular complexity index is 871. The van der Waals surface area contributed by atoms with Gasteiger partial charge >= 0.3 is 6.18 Å². The molecule has 9 heteroatoms. The molecule has 0 aliphatic carbocycles. The van der Waals surface area contributed by atoms with E-state index < -0.39 is 29.4 Å². The van der Waals surface area contributed by atoms with Crippen molar-refractivity contribution in [3.05, 3.63) is 51.8 Å². The van der Waals surface area contributed by atoms with Gasteiger partial charge in [0.1, 0.15) is 0 Å². The predicted molar refractivity (Wildman–Crippen MR) is 89.2 cm³/mol. The SMILES string of the molecule is C#Cc1ccc(C(C)N(OC)C(=O)c2cn(C)nc2C(F)(F)F)c(Cl)c1. The van der Waals surface area contributed by atoms with E-state index in [4.69, 9.17) is 22.9 Å². The van der Waals surface area contributed by atoms with Crippen LogP contribution in [-0.4, -0.2) is 27.9 Å². The Kier molecular flexibility index (Phi) is 5.64. The lowest BCUT2D eigenvalue weighted by Gasteiger charge is -2.27. The van der Waals surface area contributed by atoms with Crippen molar-refractivity contribution in [2.45, 2.75) is 19.1 Å². The fraction of sp³-hybridized carbons (Fsp3) is 0.294. The molecular formula is C17H15ClF3N3O2. The molecule has 0 aliphatic heterocycles. The summed E-state index contributed by atoms with van der Waals surface area (Å²) in [6.07, 6.45) is 1.52. The van der Waals surface area contributed by atoms with Gasteiger partial charge in [0.2, 0.25) is 0 Å². The lowest BCUT2D eigenvalue weighted by atomic mass is 10.0. The van der Waals surface area contributed by atoms with Crippen molar-refractivity contribution in [1.82, 2.24) is 14.8 Å². The molecule has 2 rings (SSSR count). The number of benzene rings is 1. The van der Waals surface area contributed by atoms with Crippen LogP contribution in [0.1, 0.15) is 40.1 Å². The fourth-order valence-electron chi connectivity index (χ4n) is 2.47. The molecule has 0 fully saturated rings. The first-order chi connectivity index (χ1) is 12.1. The van der Waals surface area contributed by atoms with Gasteiger partial charge < -0.3 is 0 Å². The van der Waals surface area contributed by atoms with Gasteiger partial charge in [-0.2, -0.15) is 18.3 Å². The highest BCUT2D eigenvalue weighted by atomic mass is 35.5. The van der Waals surface area contributed by atoms with Crippen LogP contribution >= 0.6 is 11.6 Å². The van der Waals surface area contributed by atoms with Crippen LogP contribution in [0.25, 0.3) is 0 Å². The third kappa shape index (κ3) is 3.84. The van der Waals surface area contributed by atoms with Gasteiger partial charge in [0, 0.05) is 23.8 Å². The van der Waals surface area contributed by atoms with Crippen molar-refractivity contribution in [3.8, 4) is 12.3 Å². The number of halogens is 4. The molecule has 0 N–H and O–H groups in total. The lowest BCUT2D eigenvalue weighted by Crippen LogP contribution is -2.34. The van der Waals surface area contributed by atoms with Crippen LogP contribution in [0.5, 0.6) is 0 Å². The molecule has 1 amide bonds. The van der Waals surface area contributed by atoms with Crippen molar-refractivity contribution in [2.75, 3.05) is 7.11 Å². The molecule has 5 nitrogen and oxygen atoms in total. The van der Waals surface area contributed by atoms with Crippen molar-refractivity contribution >= 4 is 17.5 Å². The number of carbonyl (C=O) groups is 1. The molecule has 138 valence electrons. The van der Waals surface area contributed by atoms with E-state index >= 15 is 0 Å². The van der Waals surface area contributed by atoms with Gasteiger partial charge in [0.05, 0.1) is 18.7 Å². The third-order valence-electron chi connectivity index (χ3n) is 3.69. The van der Waals surface area contributed by atoms with Crippen molar-refractivity contribution < 1.29 is 22.8 Å². The Balaban J connectivity index is 2.43. The standard InChI is InChI=1S/C17H15ClF3N3O2/c1-5-11-6-7-12(14(18)8-11)10(2)24(26-4)16(25)13-9-23(3)22-15(13)17(19,20)21/h1,6-10H,2-4H3. The average Bonchev–Trinajstić information content (AvgIpc) is 2.97. The molecule has 1 atom stereocenters. The van der Waals surface area contributed by atoms with E-state index in [0.717, 1.165) is 15.9 Å². The summed E-state index contributed by atoms with van der Waals surface area (Å²) >= 11 is 6.18. The number of nitrogens with zero attached hydrogens (tertiary/aromatic N) is 3. The number of aryl methyl sites for hydroxylation is 1. The molecule has 26 heavy (non-hydrogen) atoms. The molecule has 0 saturated heterocycles. The Morgan fingerprint density at radius 1 is 1.46 bits per heavy atom. The number of hydrogen-bond donors (Lipinski definition) is 0. The van der Waals surface area contributed by atoms with Gasteiger partial charge in [-0.1, -0.05) is 23.6 Å². The zero-order valence-electron chi connectivity index (χ0n) is 14.1. The average molecular weight is 386 g/mol. The minimum Gasteiger partial charge on any atom is -0.274 e. The van der Waals surface area contributed by atoms with Crippen LogP contribution in [-0.2, 0) is 18.1 Å². The Morgan fingerprint density at radius 2 is 2.12 bits per heavy atom. The van der Waals surface area contributed by atoms with E-state index in [1.165, 1.54) is 20.2 Å². The third-order valence-corrected chi connectivity index (χ3v) is 4.02. The smallest absolute Gasteiger partial charge is 0.274 e. The van der Waals surface area contributed by atoms with Gasteiger partial charge in [-0.3, -0.25) is 14.3 Å². The maximum Gasteiger partial charge on any atom is 0.435 e. The second-order valence-electron chi connectivity index (χ2n) is 5.43. The summed E-state index contributed by atoms with van der Waals surface area (Å²) in [5.74, 6) is 1.43. The summed E-state index contributed by atoms with van der Waals surface area (Å²) in [7, 11) is 2.48. The summed E-state index contributed by atoms with van der Waals surface area (Å²) in [4.78, 5) is 17.7. The molecule has 0 spiro atoms. The summed E-state index contributed by atoms with van der Waals surface area (Å²) in [6.45, 7) is 1.57. The van der Waals surface area contributed by atoms with Crippen LogP contribution < -0.4 is 0 Å². The summed E-state index contributed by atoms with van der Waals surface area (Å²) in [5, 5.41) is 4.41. The summed E-state index contributed by atoms with van der Waals surface area (Å²) in [6, 6.07) is 3.96. The molecule has 2 aromatic rings. The molecule has 0 radical (unpaired) electrons. The van der Waals surface area contributed by atoms with E-state index in [2.05, 4.69) is 11.0 Å². The first-order valence-corrected chi connectivity index (χ1v) is 7.72. The highest BCUT2D eigenvalue weighted by Gasteiger charge is 2.41. The normalized spacial score (nSPS) is 12.5. The lowest BCUT2D eigenvalue weighted by molar-refractivity contribution is -0.143. The van der Waals surface area contributed by atoms with Gasteiger partial charge in [-0.25, -0.2) is 5.06 Å². The van der Waals surface area contributed by atoms with Crippen molar-refractivity contribution in [3.63, 3.8) is 0 Å². The minimum atomic E-state index is -4.78. The molecular weight excluding hydrogens is 371 g/mol. The highest BCUT2D eigenvalue weighted by molar-refractivity contribution is 6.31. The molecule has 0 aliphatic rings. The number of hydroxylamine groups is 2. The monoisotopic (exact) mass is 385 g/mol. The number of amides is 1. The Labute approximate surface area is 153 Å². The van der Waals surface area contributed by atoms with Gasteiger partial charge in [-0.05, 0) is 24.6 Å². The quantitative estimate of drug-likeness (QED) is 0.593. The van der Waals surface area contributed by atoms with Crippen LogP contribution in [0.4, 0.5) is 13.2 Å². The number of terminal acetylenes is 1. The Hall–Kier alpha value is -2.50. The number of aromatic nitrogens is 2. The zero-order chi connectivity index (χ0) is 19.6. The van der Waals surface area contributed by atoms with Crippen molar-refractivity contribution in [1.29, 1.82) is 0 Å². The molecule has 0 bridgehead atoms. The Morgan fingerprint density at radius 3 is 2.62 bits per heavy atom. The second-order valence-corrected chi connectivity index (χ2v) is 5.84. The molecule has 1 heterocycles. The predicted octanol–water partition coefficient (Wildman–Crippen LogP) is 3.84.